The lowest BCUT2D eigenvalue weighted by atomic mass is 10.0. The zero-order chi connectivity index (χ0) is 27.8. The van der Waals surface area contributed by atoms with Gasteiger partial charge in [0, 0.05) is 49.1 Å². The van der Waals surface area contributed by atoms with Crippen LogP contribution < -0.4 is 5.32 Å². The molecule has 2 N–H and O–H groups in total. The molecule has 1 aliphatic heterocycles. The van der Waals surface area contributed by atoms with Crippen LogP contribution in [-0.4, -0.2) is 14.8 Å². The molecule has 5 heteroatoms. The number of thiophene rings is 1. The Bertz CT molecular complexity index is 2440. The van der Waals surface area contributed by atoms with Gasteiger partial charge < -0.3 is 15.3 Å². The van der Waals surface area contributed by atoms with Crippen LogP contribution in [-0.2, 0) is 0 Å². The molecule has 2 aliphatic rings. The van der Waals surface area contributed by atoms with E-state index in [2.05, 4.69) is 118 Å². The van der Waals surface area contributed by atoms with Crippen molar-refractivity contribution in [3.8, 4) is 5.69 Å². The molecule has 9 rings (SSSR count). The zero-order valence-electron chi connectivity index (χ0n) is 22.5. The second kappa shape index (κ2) is 8.80. The fourth-order valence-electron chi connectivity index (χ4n) is 6.64. The zero-order valence-corrected chi connectivity index (χ0v) is 23.3. The van der Waals surface area contributed by atoms with Crippen LogP contribution in [0.4, 0.5) is 0 Å². The lowest BCUT2D eigenvalue weighted by Crippen LogP contribution is -2.19. The maximum atomic E-state index is 8.71. The first kappa shape index (κ1) is 23.3. The molecule has 0 amide bonds. The number of allylic oxidation sites excluding steroid dienone is 8. The summed E-state index contributed by atoms with van der Waals surface area (Å²) < 4.78 is 6.10. The third-order valence-corrected chi connectivity index (χ3v) is 9.53. The molecule has 0 saturated heterocycles. The fourth-order valence-corrected chi connectivity index (χ4v) is 7.87. The normalized spacial score (nSPS) is 16.9. The minimum Gasteiger partial charge on any atom is -0.359 e. The van der Waals surface area contributed by atoms with Crippen molar-refractivity contribution < 1.29 is 0 Å². The average molecular weight is 557 g/mol. The van der Waals surface area contributed by atoms with Gasteiger partial charge in [-0.2, -0.15) is 0 Å². The summed E-state index contributed by atoms with van der Waals surface area (Å²) in [5, 5.41) is 18.5. The van der Waals surface area contributed by atoms with Gasteiger partial charge in [0.15, 0.2) is 0 Å². The van der Waals surface area contributed by atoms with Crippen LogP contribution in [0, 0.1) is 5.41 Å². The van der Waals surface area contributed by atoms with Crippen molar-refractivity contribution in [1.29, 1.82) is 5.41 Å². The topological polar surface area (TPSA) is 45.7 Å². The van der Waals surface area contributed by atoms with E-state index in [1.807, 2.05) is 41.8 Å². The quantitative estimate of drug-likeness (QED) is 0.219. The van der Waals surface area contributed by atoms with E-state index in [4.69, 9.17) is 5.41 Å². The number of nitrogens with one attached hydrogen (secondary N) is 2. The second-order valence-corrected chi connectivity index (χ2v) is 11.7. The number of hydrogen-bond acceptors (Lipinski definition) is 3. The van der Waals surface area contributed by atoms with Crippen molar-refractivity contribution in [2.45, 2.75) is 0 Å². The number of dihydropyridines is 1. The highest BCUT2D eigenvalue weighted by Gasteiger charge is 2.26. The van der Waals surface area contributed by atoms with Gasteiger partial charge in [0.25, 0.3) is 0 Å². The standard InChI is InChI=1S/C37H24N4S/c38-28-16-7-4-14-26(28)35-31(18-10-22-39-35)41-30-21-20-25-24-13-5-8-17-29(24)40(23-11-2-1-3-12-23)36(25)34(30)33-27-15-6-9-19-32(27)42-37(33)41/h1-22,38-39H/b35-26-,38-28?. The molecule has 198 valence electrons. The van der Waals surface area contributed by atoms with Crippen LogP contribution in [0.3, 0.4) is 0 Å². The van der Waals surface area contributed by atoms with E-state index >= 15 is 0 Å². The highest BCUT2D eigenvalue weighted by Crippen LogP contribution is 2.47. The third kappa shape index (κ3) is 3.14. The van der Waals surface area contributed by atoms with E-state index in [0.717, 1.165) is 28.2 Å². The monoisotopic (exact) mass is 556 g/mol. The van der Waals surface area contributed by atoms with Crippen LogP contribution in [0.1, 0.15) is 0 Å². The summed E-state index contributed by atoms with van der Waals surface area (Å²) in [4.78, 5) is 1.20. The Labute approximate surface area is 245 Å². The Morgan fingerprint density at radius 3 is 2.31 bits per heavy atom. The van der Waals surface area contributed by atoms with Crippen molar-refractivity contribution in [3.63, 3.8) is 0 Å². The van der Waals surface area contributed by atoms with Crippen LogP contribution in [0.15, 0.2) is 145 Å². The molecule has 0 atom stereocenters. The molecule has 0 unspecified atom stereocenters. The highest BCUT2D eigenvalue weighted by molar-refractivity contribution is 7.25. The van der Waals surface area contributed by atoms with E-state index in [9.17, 15) is 0 Å². The molecule has 4 nitrogen and oxygen atoms in total. The summed E-state index contributed by atoms with van der Waals surface area (Å²) in [6.07, 6.45) is 14.0. The Morgan fingerprint density at radius 1 is 0.643 bits per heavy atom. The molecule has 0 saturated carbocycles. The van der Waals surface area contributed by atoms with Gasteiger partial charge in [-0.15, -0.1) is 11.3 Å². The molecule has 0 radical (unpaired) electrons. The van der Waals surface area contributed by atoms with Gasteiger partial charge in [-0.3, -0.25) is 4.57 Å². The first-order valence-electron chi connectivity index (χ1n) is 14.0. The molecule has 4 heterocycles. The third-order valence-electron chi connectivity index (χ3n) is 8.37. The summed E-state index contributed by atoms with van der Waals surface area (Å²) >= 11 is 1.83. The van der Waals surface area contributed by atoms with Gasteiger partial charge in [-0.05, 0) is 48.6 Å². The van der Waals surface area contributed by atoms with Crippen molar-refractivity contribution in [2.75, 3.05) is 0 Å². The van der Waals surface area contributed by atoms with Crippen LogP contribution in [0.25, 0.3) is 64.4 Å². The van der Waals surface area contributed by atoms with Crippen LogP contribution in [0.2, 0.25) is 0 Å². The van der Waals surface area contributed by atoms with Gasteiger partial charge >= 0.3 is 0 Å². The minimum atomic E-state index is 0.497. The van der Waals surface area contributed by atoms with E-state index in [1.165, 1.54) is 47.5 Å². The first-order chi connectivity index (χ1) is 20.8. The molecule has 0 spiro atoms. The lowest BCUT2D eigenvalue weighted by molar-refractivity contribution is 1.04. The maximum absolute atomic E-state index is 8.71. The predicted octanol–water partition coefficient (Wildman–Crippen LogP) is 9.46. The SMILES string of the molecule is N=C1C=CC=C/C1=C1/NC=CC=C1n1c2ccc3c4ccccc4n(-c4ccccc4)c3c2c2c3ccccc3sc21. The van der Waals surface area contributed by atoms with Crippen LogP contribution in [0.5, 0.6) is 0 Å². The summed E-state index contributed by atoms with van der Waals surface area (Å²) in [5.41, 5.74) is 8.05. The molecular formula is C37H24N4S. The van der Waals surface area contributed by atoms with E-state index < -0.39 is 0 Å². The van der Waals surface area contributed by atoms with Crippen molar-refractivity contribution in [3.05, 3.63) is 145 Å². The lowest BCUT2D eigenvalue weighted by Gasteiger charge is -2.21. The summed E-state index contributed by atoms with van der Waals surface area (Å²) in [5.74, 6) is 0. The number of para-hydroxylation sites is 2. The highest BCUT2D eigenvalue weighted by atomic mass is 32.1. The number of hydrogen-bond donors (Lipinski definition) is 2. The van der Waals surface area contributed by atoms with Crippen molar-refractivity contribution >= 4 is 75.8 Å². The fraction of sp³-hybridized carbons (Fsp3) is 0. The number of nitrogens with zero attached hydrogens (tertiary/aromatic N) is 2. The van der Waals surface area contributed by atoms with Crippen LogP contribution >= 0.6 is 11.3 Å². The second-order valence-electron chi connectivity index (χ2n) is 10.6. The Hall–Kier alpha value is -5.39. The molecular weight excluding hydrogens is 533 g/mol. The molecule has 3 aromatic heterocycles. The Balaban J connectivity index is 1.51. The van der Waals surface area contributed by atoms with E-state index in [0.29, 0.717) is 5.71 Å². The summed E-state index contributed by atoms with van der Waals surface area (Å²) in [6, 6.07) is 32.7. The molecule has 1 aliphatic carbocycles. The Kier molecular flexibility index (Phi) is 4.89. The van der Waals surface area contributed by atoms with Crippen molar-refractivity contribution in [2.24, 2.45) is 0 Å². The first-order valence-corrected chi connectivity index (χ1v) is 14.9. The number of fused-ring (bicyclic) bond motifs is 9. The smallest absolute Gasteiger partial charge is 0.109 e. The van der Waals surface area contributed by atoms with E-state index in [-0.39, 0.29) is 0 Å². The van der Waals surface area contributed by atoms with Gasteiger partial charge in [0.1, 0.15) is 4.83 Å². The van der Waals surface area contributed by atoms with Gasteiger partial charge in [0.05, 0.1) is 33.7 Å². The largest absolute Gasteiger partial charge is 0.359 e. The molecule has 4 aromatic carbocycles. The van der Waals surface area contributed by atoms with Crippen molar-refractivity contribution in [1.82, 2.24) is 14.5 Å². The van der Waals surface area contributed by atoms with Gasteiger partial charge in [0.2, 0.25) is 0 Å². The summed E-state index contributed by atoms with van der Waals surface area (Å²) in [7, 11) is 0. The maximum Gasteiger partial charge on any atom is 0.109 e. The van der Waals surface area contributed by atoms with Gasteiger partial charge in [-0.25, -0.2) is 0 Å². The molecule has 0 fully saturated rings. The molecule has 7 aromatic rings. The number of benzene rings is 4. The van der Waals surface area contributed by atoms with Gasteiger partial charge in [-0.1, -0.05) is 78.9 Å². The number of rotatable bonds is 2. The van der Waals surface area contributed by atoms with E-state index in [1.54, 1.807) is 0 Å². The summed E-state index contributed by atoms with van der Waals surface area (Å²) in [6.45, 7) is 0. The average Bonchev–Trinajstić information content (AvgIpc) is 3.68. The minimum absolute atomic E-state index is 0.497. The number of aromatic nitrogens is 2. The molecule has 0 bridgehead atoms. The molecule has 42 heavy (non-hydrogen) atoms. The predicted molar refractivity (Wildman–Crippen MR) is 179 cm³/mol. The Morgan fingerprint density at radius 2 is 1.43 bits per heavy atom.